The van der Waals surface area contributed by atoms with Gasteiger partial charge >= 0.3 is 0 Å². The third-order valence-electron chi connectivity index (χ3n) is 3.59. The molecule has 2 unspecified atom stereocenters. The second-order valence-electron chi connectivity index (χ2n) is 5.80. The summed E-state index contributed by atoms with van der Waals surface area (Å²) in [6.45, 7) is 12.5. The Morgan fingerprint density at radius 3 is 2.20 bits per heavy atom. The third-order valence-corrected chi connectivity index (χ3v) is 3.59. The lowest BCUT2D eigenvalue weighted by molar-refractivity contribution is -0.128. The number of carbonyl (C=O) groups is 1. The highest BCUT2D eigenvalue weighted by molar-refractivity contribution is 5.79. The van der Waals surface area contributed by atoms with Crippen LogP contribution in [0.25, 0.3) is 0 Å². The molecule has 1 aliphatic rings. The maximum Gasteiger partial charge on any atom is 0.223 e. The average Bonchev–Trinajstić information content (AvgIpc) is 1.98. The summed E-state index contributed by atoms with van der Waals surface area (Å²) in [6.07, 6.45) is 0. The van der Waals surface area contributed by atoms with Crippen molar-refractivity contribution in [2.45, 2.75) is 40.7 Å². The van der Waals surface area contributed by atoms with E-state index in [1.54, 1.807) is 0 Å². The van der Waals surface area contributed by atoms with Crippen LogP contribution in [0.1, 0.15) is 34.6 Å². The van der Waals surface area contributed by atoms with Gasteiger partial charge in [-0.25, -0.2) is 0 Å². The molecule has 1 aliphatic heterocycles. The molecule has 3 heteroatoms. The van der Waals surface area contributed by atoms with Gasteiger partial charge in [0.25, 0.3) is 0 Å². The van der Waals surface area contributed by atoms with Crippen LogP contribution in [0.3, 0.4) is 0 Å². The van der Waals surface area contributed by atoms with E-state index in [9.17, 15) is 4.79 Å². The van der Waals surface area contributed by atoms with E-state index in [2.05, 4.69) is 38.3 Å². The van der Waals surface area contributed by atoms with Gasteiger partial charge in [-0.2, -0.15) is 0 Å². The van der Waals surface area contributed by atoms with Crippen LogP contribution in [0.15, 0.2) is 0 Å². The summed E-state index contributed by atoms with van der Waals surface area (Å²) in [4.78, 5) is 11.9. The van der Waals surface area contributed by atoms with Crippen molar-refractivity contribution in [2.75, 3.05) is 13.1 Å². The fourth-order valence-corrected chi connectivity index (χ4v) is 1.44. The van der Waals surface area contributed by atoms with E-state index in [4.69, 9.17) is 0 Å². The number of hydrogen-bond donors (Lipinski definition) is 2. The van der Waals surface area contributed by atoms with Crippen molar-refractivity contribution in [3.8, 4) is 0 Å². The van der Waals surface area contributed by atoms with E-state index in [0.717, 1.165) is 13.1 Å². The molecular weight excluding hydrogens is 188 g/mol. The van der Waals surface area contributed by atoms with Gasteiger partial charge in [-0.05, 0) is 31.3 Å². The molecule has 0 aliphatic carbocycles. The smallest absolute Gasteiger partial charge is 0.223 e. The van der Waals surface area contributed by atoms with Crippen LogP contribution in [0, 0.1) is 17.3 Å². The Bertz CT molecular complexity index is 228. The van der Waals surface area contributed by atoms with Crippen LogP contribution in [0.4, 0.5) is 0 Å². The normalized spacial score (nSPS) is 21.7. The van der Waals surface area contributed by atoms with Crippen LogP contribution in [-0.2, 0) is 4.79 Å². The second kappa shape index (κ2) is 4.52. The standard InChI is InChI=1S/C12H24N2O/c1-8(10-6-13-7-10)11(15)14-9(2)12(3,4)5/h8-10,13H,6-7H2,1-5H3,(H,14,15). The summed E-state index contributed by atoms with van der Waals surface area (Å²) in [5.41, 5.74) is 0.132. The van der Waals surface area contributed by atoms with E-state index < -0.39 is 0 Å². The van der Waals surface area contributed by atoms with Gasteiger partial charge in [-0.1, -0.05) is 27.7 Å². The molecule has 0 radical (unpaired) electrons. The Balaban J connectivity index is 2.40. The first-order valence-corrected chi connectivity index (χ1v) is 5.83. The highest BCUT2D eigenvalue weighted by Gasteiger charge is 2.30. The van der Waals surface area contributed by atoms with Crippen molar-refractivity contribution in [1.29, 1.82) is 0 Å². The minimum atomic E-state index is 0.132. The summed E-state index contributed by atoms with van der Waals surface area (Å²) < 4.78 is 0. The van der Waals surface area contributed by atoms with Crippen molar-refractivity contribution in [3.63, 3.8) is 0 Å². The lowest BCUT2D eigenvalue weighted by Gasteiger charge is -2.34. The zero-order valence-electron chi connectivity index (χ0n) is 10.6. The molecule has 0 bridgehead atoms. The third kappa shape index (κ3) is 3.20. The monoisotopic (exact) mass is 212 g/mol. The van der Waals surface area contributed by atoms with E-state index >= 15 is 0 Å². The second-order valence-corrected chi connectivity index (χ2v) is 5.80. The molecule has 0 saturated carbocycles. The molecule has 3 nitrogen and oxygen atoms in total. The van der Waals surface area contributed by atoms with E-state index in [-0.39, 0.29) is 23.3 Å². The topological polar surface area (TPSA) is 41.1 Å². The largest absolute Gasteiger partial charge is 0.353 e. The maximum atomic E-state index is 11.9. The SMILES string of the molecule is CC(C(=O)NC(C)C(C)(C)C)C1CNC1. The van der Waals surface area contributed by atoms with E-state index in [1.807, 2.05) is 6.92 Å². The molecule has 1 fully saturated rings. The van der Waals surface area contributed by atoms with Crippen molar-refractivity contribution in [2.24, 2.45) is 17.3 Å². The summed E-state index contributed by atoms with van der Waals surface area (Å²) in [5.74, 6) is 0.858. The molecule has 2 atom stereocenters. The fraction of sp³-hybridized carbons (Fsp3) is 0.917. The first kappa shape index (κ1) is 12.5. The van der Waals surface area contributed by atoms with Crippen molar-refractivity contribution in [3.05, 3.63) is 0 Å². The van der Waals surface area contributed by atoms with Crippen LogP contribution < -0.4 is 10.6 Å². The number of amides is 1. The Morgan fingerprint density at radius 1 is 1.33 bits per heavy atom. The molecular formula is C12H24N2O. The minimum absolute atomic E-state index is 0.132. The minimum Gasteiger partial charge on any atom is -0.353 e. The maximum absolute atomic E-state index is 11.9. The Kier molecular flexibility index (Phi) is 3.77. The van der Waals surface area contributed by atoms with Crippen molar-refractivity contribution < 1.29 is 4.79 Å². The highest BCUT2D eigenvalue weighted by Crippen LogP contribution is 2.21. The van der Waals surface area contributed by atoms with Crippen LogP contribution in [0.2, 0.25) is 0 Å². The molecule has 15 heavy (non-hydrogen) atoms. The number of nitrogens with one attached hydrogen (secondary N) is 2. The summed E-state index contributed by atoms with van der Waals surface area (Å²) in [7, 11) is 0. The molecule has 1 saturated heterocycles. The Morgan fingerprint density at radius 2 is 1.87 bits per heavy atom. The zero-order valence-corrected chi connectivity index (χ0v) is 10.6. The summed E-state index contributed by atoms with van der Waals surface area (Å²) in [6, 6.07) is 0.223. The van der Waals surface area contributed by atoms with Crippen LogP contribution >= 0.6 is 0 Å². The molecule has 88 valence electrons. The van der Waals surface area contributed by atoms with Gasteiger partial charge in [0.15, 0.2) is 0 Å². The molecule has 1 heterocycles. The molecule has 0 spiro atoms. The lowest BCUT2D eigenvalue weighted by Crippen LogP contribution is -2.52. The number of rotatable bonds is 3. The molecule has 1 rings (SSSR count). The predicted octanol–water partition coefficient (Wildman–Crippen LogP) is 1.39. The molecule has 2 N–H and O–H groups in total. The van der Waals surface area contributed by atoms with E-state index in [1.165, 1.54) is 0 Å². The summed E-state index contributed by atoms with van der Waals surface area (Å²) in [5, 5.41) is 6.30. The summed E-state index contributed by atoms with van der Waals surface area (Å²) >= 11 is 0. The van der Waals surface area contributed by atoms with Gasteiger partial charge in [0, 0.05) is 12.0 Å². The van der Waals surface area contributed by atoms with Crippen LogP contribution in [0.5, 0.6) is 0 Å². The predicted molar refractivity (Wildman–Crippen MR) is 62.6 cm³/mol. The quantitative estimate of drug-likeness (QED) is 0.742. The van der Waals surface area contributed by atoms with Crippen molar-refractivity contribution >= 4 is 5.91 Å². The van der Waals surface area contributed by atoms with Crippen LogP contribution in [-0.4, -0.2) is 25.0 Å². The zero-order chi connectivity index (χ0) is 11.6. The first-order valence-electron chi connectivity index (χ1n) is 5.83. The Hall–Kier alpha value is -0.570. The van der Waals surface area contributed by atoms with Crippen molar-refractivity contribution in [1.82, 2.24) is 10.6 Å². The average molecular weight is 212 g/mol. The van der Waals surface area contributed by atoms with Gasteiger partial charge in [0.05, 0.1) is 0 Å². The van der Waals surface area contributed by atoms with Gasteiger partial charge in [-0.15, -0.1) is 0 Å². The number of hydrogen-bond acceptors (Lipinski definition) is 2. The molecule has 0 aromatic heterocycles. The van der Waals surface area contributed by atoms with Gasteiger partial charge in [0.1, 0.15) is 0 Å². The van der Waals surface area contributed by atoms with E-state index in [0.29, 0.717) is 5.92 Å². The molecule has 1 amide bonds. The first-order chi connectivity index (χ1) is 6.82. The van der Waals surface area contributed by atoms with Gasteiger partial charge in [-0.3, -0.25) is 4.79 Å². The van der Waals surface area contributed by atoms with Gasteiger partial charge < -0.3 is 10.6 Å². The highest BCUT2D eigenvalue weighted by atomic mass is 16.1. The molecule has 0 aromatic rings. The molecule has 0 aromatic carbocycles. The van der Waals surface area contributed by atoms with Gasteiger partial charge in [0.2, 0.25) is 5.91 Å². The lowest BCUT2D eigenvalue weighted by atomic mass is 9.85. The number of carbonyl (C=O) groups excluding carboxylic acids is 1. The fourth-order valence-electron chi connectivity index (χ4n) is 1.44. The Labute approximate surface area is 93.0 Å².